The molecular formula is C14H29Cl3O5Si2. The zero-order chi connectivity index (χ0) is 18.5. The topological polar surface area (TPSA) is 49.5 Å². The number of hydrogen-bond donors (Lipinski definition) is 0. The van der Waals surface area contributed by atoms with Gasteiger partial charge in [0.25, 0.3) is 0 Å². The summed E-state index contributed by atoms with van der Waals surface area (Å²) in [6.07, 6.45) is 1.23. The number of ether oxygens (including phenoxy) is 2. The molecule has 1 aliphatic rings. The van der Waals surface area contributed by atoms with Crippen LogP contribution in [-0.2, 0) is 22.8 Å². The van der Waals surface area contributed by atoms with E-state index in [1.165, 1.54) is 5.70 Å². The molecule has 0 N–H and O–H groups in total. The number of rotatable bonds is 13. The Labute approximate surface area is 162 Å². The van der Waals surface area contributed by atoms with Gasteiger partial charge >= 0.3 is 14.8 Å². The van der Waals surface area contributed by atoms with Crippen LogP contribution in [0.3, 0.4) is 0 Å². The van der Waals surface area contributed by atoms with Crippen molar-refractivity contribution in [2.24, 2.45) is 0 Å². The van der Waals surface area contributed by atoms with Gasteiger partial charge in [-0.1, -0.05) is 5.70 Å². The van der Waals surface area contributed by atoms with Gasteiger partial charge in [0.05, 0.1) is 13.2 Å². The third-order valence-corrected chi connectivity index (χ3v) is 7.81. The van der Waals surface area contributed by atoms with Crippen LogP contribution in [0.15, 0.2) is 12.3 Å². The van der Waals surface area contributed by atoms with Gasteiger partial charge in [0.1, 0.15) is 6.10 Å². The van der Waals surface area contributed by atoms with E-state index in [0.29, 0.717) is 39.1 Å². The van der Waals surface area contributed by atoms with E-state index >= 15 is 0 Å². The van der Waals surface area contributed by atoms with Crippen molar-refractivity contribution in [3.8, 4) is 0 Å². The zero-order valence-electron chi connectivity index (χ0n) is 14.7. The summed E-state index contributed by atoms with van der Waals surface area (Å²) in [6, 6.07) is -1.64. The summed E-state index contributed by atoms with van der Waals surface area (Å²) < 4.78 is 27.9. The van der Waals surface area contributed by atoms with Gasteiger partial charge < -0.3 is 22.8 Å². The molecule has 144 valence electrons. The van der Waals surface area contributed by atoms with Gasteiger partial charge in [-0.2, -0.15) is 0 Å². The monoisotopic (exact) mass is 438 g/mol. The standard InChI is InChI=1S/C12H26O5Si.C2H3Cl3Si/c1-4-15-18(16-5-2,17-6-3)9-7-8-13-10-12-11-14-12;1-2-6(3,4)5/h12H,4-11H2,1-3H3;2H,1H2. The van der Waals surface area contributed by atoms with E-state index in [2.05, 4.69) is 6.58 Å². The predicted molar refractivity (Wildman–Crippen MR) is 104 cm³/mol. The highest BCUT2D eigenvalue weighted by atomic mass is 35.8. The van der Waals surface area contributed by atoms with Crippen molar-refractivity contribution >= 4 is 48.0 Å². The molecule has 1 heterocycles. The van der Waals surface area contributed by atoms with E-state index in [1.807, 2.05) is 20.8 Å². The summed E-state index contributed by atoms with van der Waals surface area (Å²) in [5.41, 5.74) is 1.37. The molecule has 1 rings (SSSR count). The van der Waals surface area contributed by atoms with Gasteiger partial charge in [-0.25, -0.2) is 0 Å². The molecule has 0 radical (unpaired) electrons. The second-order valence-electron chi connectivity index (χ2n) is 4.86. The SMILES string of the molecule is C=C[Si](Cl)(Cl)Cl.CCO[Si](CCCOCC1CO1)(OCC)OCC. The van der Waals surface area contributed by atoms with Crippen molar-refractivity contribution in [1.29, 1.82) is 0 Å². The van der Waals surface area contributed by atoms with E-state index in [9.17, 15) is 0 Å². The first-order chi connectivity index (χ1) is 11.3. The summed E-state index contributed by atoms with van der Waals surface area (Å²) in [5, 5.41) is 0. The first-order valence-electron chi connectivity index (χ1n) is 8.14. The molecule has 1 aliphatic heterocycles. The minimum Gasteiger partial charge on any atom is -0.379 e. The van der Waals surface area contributed by atoms with Crippen molar-refractivity contribution in [3.05, 3.63) is 12.3 Å². The lowest BCUT2D eigenvalue weighted by molar-refractivity contribution is 0.0648. The molecule has 0 bridgehead atoms. The molecule has 0 aromatic carbocycles. The third-order valence-electron chi connectivity index (χ3n) is 2.80. The van der Waals surface area contributed by atoms with Crippen LogP contribution in [0.5, 0.6) is 0 Å². The van der Waals surface area contributed by atoms with Gasteiger partial charge in [0.2, 0.25) is 0 Å². The largest absolute Gasteiger partial charge is 0.501 e. The van der Waals surface area contributed by atoms with Crippen LogP contribution in [0.25, 0.3) is 0 Å². The molecule has 1 fully saturated rings. The van der Waals surface area contributed by atoms with E-state index in [-0.39, 0.29) is 0 Å². The average Bonchev–Trinajstić information content (AvgIpc) is 3.32. The molecule has 0 spiro atoms. The molecular weight excluding hydrogens is 411 g/mol. The minimum absolute atomic E-state index is 0.331. The summed E-state index contributed by atoms with van der Waals surface area (Å²) in [7, 11) is -2.47. The lowest BCUT2D eigenvalue weighted by atomic mass is 10.5. The molecule has 0 aromatic rings. The number of halogens is 3. The summed E-state index contributed by atoms with van der Waals surface area (Å²) >= 11 is 15.8. The summed E-state index contributed by atoms with van der Waals surface area (Å²) in [5.74, 6) is 0. The molecule has 1 saturated heterocycles. The smallest absolute Gasteiger partial charge is 0.379 e. The fourth-order valence-electron chi connectivity index (χ4n) is 1.77. The highest BCUT2D eigenvalue weighted by Gasteiger charge is 2.39. The zero-order valence-corrected chi connectivity index (χ0v) is 19.0. The van der Waals surface area contributed by atoms with Crippen LogP contribution in [0, 0.1) is 0 Å². The van der Waals surface area contributed by atoms with Gasteiger partial charge in [-0.15, -0.1) is 39.8 Å². The van der Waals surface area contributed by atoms with Gasteiger partial charge in [-0.05, 0) is 27.2 Å². The van der Waals surface area contributed by atoms with Crippen molar-refractivity contribution in [2.75, 3.05) is 39.6 Å². The highest BCUT2D eigenvalue weighted by molar-refractivity contribution is 7.66. The van der Waals surface area contributed by atoms with Crippen LogP contribution in [0.2, 0.25) is 6.04 Å². The predicted octanol–water partition coefficient (Wildman–Crippen LogP) is 4.21. The van der Waals surface area contributed by atoms with Crippen molar-refractivity contribution in [1.82, 2.24) is 0 Å². The van der Waals surface area contributed by atoms with E-state index < -0.39 is 14.8 Å². The van der Waals surface area contributed by atoms with Crippen LogP contribution >= 0.6 is 33.2 Å². The molecule has 5 nitrogen and oxygen atoms in total. The second-order valence-corrected chi connectivity index (χ2v) is 16.2. The molecule has 1 unspecified atom stereocenters. The van der Waals surface area contributed by atoms with Gasteiger partial charge in [-0.3, -0.25) is 0 Å². The van der Waals surface area contributed by atoms with Crippen LogP contribution in [0.4, 0.5) is 0 Å². The second kappa shape index (κ2) is 14.0. The maximum Gasteiger partial charge on any atom is 0.501 e. The Hall–Kier alpha value is 0.844. The fraction of sp³-hybridized carbons (Fsp3) is 0.857. The van der Waals surface area contributed by atoms with Crippen molar-refractivity contribution in [2.45, 2.75) is 39.3 Å². The van der Waals surface area contributed by atoms with Crippen LogP contribution in [-0.4, -0.2) is 60.6 Å². The molecule has 10 heteroatoms. The third kappa shape index (κ3) is 14.1. The van der Waals surface area contributed by atoms with Crippen molar-refractivity contribution < 1.29 is 22.8 Å². The molecule has 0 amide bonds. The highest BCUT2D eigenvalue weighted by Crippen LogP contribution is 2.19. The Balaban J connectivity index is 0.000000754. The van der Waals surface area contributed by atoms with E-state index in [4.69, 9.17) is 56.0 Å². The summed E-state index contributed by atoms with van der Waals surface area (Å²) in [4.78, 5) is 0. The Morgan fingerprint density at radius 1 is 1.08 bits per heavy atom. The first-order valence-corrected chi connectivity index (χ1v) is 15.2. The average molecular weight is 440 g/mol. The number of hydrogen-bond acceptors (Lipinski definition) is 5. The normalized spacial score (nSPS) is 17.2. The molecule has 24 heavy (non-hydrogen) atoms. The molecule has 0 aromatic heterocycles. The van der Waals surface area contributed by atoms with Crippen LogP contribution < -0.4 is 0 Å². The maximum atomic E-state index is 5.76. The maximum absolute atomic E-state index is 5.76. The van der Waals surface area contributed by atoms with Crippen molar-refractivity contribution in [3.63, 3.8) is 0 Å². The Morgan fingerprint density at radius 2 is 1.54 bits per heavy atom. The Morgan fingerprint density at radius 3 is 1.88 bits per heavy atom. The lowest BCUT2D eigenvalue weighted by Crippen LogP contribution is -2.46. The fourth-order valence-corrected chi connectivity index (χ4v) is 4.35. The minimum atomic E-state index is -2.47. The van der Waals surface area contributed by atoms with E-state index in [0.717, 1.165) is 19.1 Å². The Bertz CT molecular complexity index is 311. The van der Waals surface area contributed by atoms with Gasteiger partial charge in [0.15, 0.2) is 0 Å². The van der Waals surface area contributed by atoms with Crippen LogP contribution in [0.1, 0.15) is 27.2 Å². The first kappa shape index (κ1) is 24.8. The molecule has 0 aliphatic carbocycles. The lowest BCUT2D eigenvalue weighted by Gasteiger charge is -2.28. The van der Waals surface area contributed by atoms with E-state index in [1.54, 1.807) is 0 Å². The molecule has 0 saturated carbocycles. The van der Waals surface area contributed by atoms with Gasteiger partial charge in [0, 0.05) is 32.5 Å². The quantitative estimate of drug-likeness (QED) is 0.186. The summed E-state index contributed by atoms with van der Waals surface area (Å²) in [6.45, 7) is 13.4. The Kier molecular flexibility index (Phi) is 14.5. The number of epoxide rings is 1. The molecule has 1 atom stereocenters.